The van der Waals surface area contributed by atoms with Crippen LogP contribution in [0, 0.1) is 0 Å². The first kappa shape index (κ1) is 13.5. The Bertz CT molecular complexity index is 717. The van der Waals surface area contributed by atoms with E-state index in [1.165, 1.54) is 0 Å². The summed E-state index contributed by atoms with van der Waals surface area (Å²) in [5, 5.41) is 7.93. The van der Waals surface area contributed by atoms with Crippen molar-refractivity contribution in [3.05, 3.63) is 56.4 Å². The van der Waals surface area contributed by atoms with Gasteiger partial charge in [-0.3, -0.25) is 14.6 Å². The monoisotopic (exact) mass is 276 g/mol. The highest BCUT2D eigenvalue weighted by molar-refractivity contribution is 5.91. The number of amides is 1. The Hall–Kier alpha value is -2.90. The highest BCUT2D eigenvalue weighted by Crippen LogP contribution is 2.10. The minimum atomic E-state index is -0.832. The fraction of sp³-hybridized carbons (Fsp3) is 0.167. The average molecular weight is 276 g/mol. The van der Waals surface area contributed by atoms with Crippen molar-refractivity contribution in [3.63, 3.8) is 0 Å². The number of ether oxygens (including phenoxy) is 1. The lowest BCUT2D eigenvalue weighted by molar-refractivity contribution is 0.0943. The van der Waals surface area contributed by atoms with Crippen molar-refractivity contribution in [1.29, 1.82) is 0 Å². The van der Waals surface area contributed by atoms with Crippen molar-refractivity contribution in [2.45, 2.75) is 6.54 Å². The summed E-state index contributed by atoms with van der Waals surface area (Å²) >= 11 is 0. The molecule has 1 amide bonds. The van der Waals surface area contributed by atoms with Crippen LogP contribution in [0.1, 0.15) is 16.1 Å². The summed E-state index contributed by atoms with van der Waals surface area (Å²) in [5.74, 6) is 0.0390. The first-order chi connectivity index (χ1) is 9.60. The molecule has 1 aromatic heterocycles. The molecule has 0 aliphatic heterocycles. The molecule has 8 heteroatoms. The van der Waals surface area contributed by atoms with Crippen molar-refractivity contribution < 1.29 is 9.53 Å². The molecule has 8 nitrogen and oxygen atoms in total. The van der Waals surface area contributed by atoms with Crippen molar-refractivity contribution in [3.8, 4) is 5.75 Å². The molecule has 2 rings (SSSR count). The van der Waals surface area contributed by atoms with Crippen LogP contribution in [-0.4, -0.2) is 28.2 Å². The van der Waals surface area contributed by atoms with Crippen LogP contribution < -0.4 is 21.3 Å². The van der Waals surface area contributed by atoms with E-state index in [1.54, 1.807) is 31.4 Å². The number of nitrogens with zero attached hydrogens (tertiary/aromatic N) is 1. The average Bonchev–Trinajstić information content (AvgIpc) is 2.45. The molecule has 0 spiro atoms. The molecular weight excluding hydrogens is 264 g/mol. The van der Waals surface area contributed by atoms with Gasteiger partial charge in [-0.05, 0) is 17.7 Å². The van der Waals surface area contributed by atoms with Gasteiger partial charge < -0.3 is 10.1 Å². The third-order valence-corrected chi connectivity index (χ3v) is 2.54. The van der Waals surface area contributed by atoms with Gasteiger partial charge >= 0.3 is 5.69 Å². The molecule has 0 unspecified atom stereocenters. The molecule has 3 N–H and O–H groups in total. The van der Waals surface area contributed by atoms with Gasteiger partial charge in [-0.2, -0.15) is 5.10 Å². The summed E-state index contributed by atoms with van der Waals surface area (Å²) in [7, 11) is 1.56. The SMILES string of the molecule is COc1ccc(CNC(=O)c2n[nH]c(=O)[nH]c2=O)cc1. The van der Waals surface area contributed by atoms with Gasteiger partial charge in [0.15, 0.2) is 0 Å². The van der Waals surface area contributed by atoms with Gasteiger partial charge in [0.05, 0.1) is 7.11 Å². The highest BCUT2D eigenvalue weighted by Gasteiger charge is 2.12. The lowest BCUT2D eigenvalue weighted by Gasteiger charge is -2.05. The van der Waals surface area contributed by atoms with Gasteiger partial charge in [0.25, 0.3) is 11.5 Å². The summed E-state index contributed by atoms with van der Waals surface area (Å²) in [6, 6.07) is 7.08. The van der Waals surface area contributed by atoms with E-state index >= 15 is 0 Å². The predicted molar refractivity (Wildman–Crippen MR) is 69.6 cm³/mol. The molecule has 0 fully saturated rings. The first-order valence-electron chi connectivity index (χ1n) is 5.70. The Morgan fingerprint density at radius 2 is 2.00 bits per heavy atom. The van der Waals surface area contributed by atoms with Gasteiger partial charge in [-0.25, -0.2) is 9.89 Å². The van der Waals surface area contributed by atoms with Gasteiger partial charge in [0, 0.05) is 6.54 Å². The minimum absolute atomic E-state index is 0.225. The Balaban J connectivity index is 2.04. The van der Waals surface area contributed by atoms with E-state index in [-0.39, 0.29) is 6.54 Å². The number of carbonyl (C=O) groups is 1. The second-order valence-corrected chi connectivity index (χ2v) is 3.89. The number of carbonyl (C=O) groups excluding carboxylic acids is 1. The van der Waals surface area contributed by atoms with Crippen LogP contribution in [0.3, 0.4) is 0 Å². The van der Waals surface area contributed by atoms with Crippen LogP contribution in [-0.2, 0) is 6.54 Å². The number of hydrogen-bond donors (Lipinski definition) is 3. The van der Waals surface area contributed by atoms with Crippen molar-refractivity contribution in [1.82, 2.24) is 20.5 Å². The normalized spacial score (nSPS) is 10.1. The lowest BCUT2D eigenvalue weighted by Crippen LogP contribution is -2.35. The van der Waals surface area contributed by atoms with Crippen molar-refractivity contribution in [2.75, 3.05) is 7.11 Å². The largest absolute Gasteiger partial charge is 0.497 e. The molecule has 20 heavy (non-hydrogen) atoms. The zero-order valence-electron chi connectivity index (χ0n) is 10.6. The van der Waals surface area contributed by atoms with E-state index in [0.29, 0.717) is 5.75 Å². The predicted octanol–water partition coefficient (Wildman–Crippen LogP) is -0.603. The quantitative estimate of drug-likeness (QED) is 0.689. The molecule has 0 aliphatic carbocycles. The Morgan fingerprint density at radius 1 is 1.30 bits per heavy atom. The maximum atomic E-state index is 11.7. The smallest absolute Gasteiger partial charge is 0.342 e. The van der Waals surface area contributed by atoms with E-state index in [2.05, 4.69) is 10.4 Å². The molecule has 1 aromatic carbocycles. The van der Waals surface area contributed by atoms with Gasteiger partial charge in [-0.1, -0.05) is 12.1 Å². The number of benzene rings is 1. The molecule has 0 aliphatic rings. The van der Waals surface area contributed by atoms with Crippen molar-refractivity contribution in [2.24, 2.45) is 0 Å². The molecule has 0 radical (unpaired) electrons. The van der Waals surface area contributed by atoms with Gasteiger partial charge in [0.1, 0.15) is 5.75 Å². The summed E-state index contributed by atoms with van der Waals surface area (Å²) in [6.45, 7) is 0.225. The molecule has 104 valence electrons. The summed E-state index contributed by atoms with van der Waals surface area (Å²) < 4.78 is 5.01. The Kier molecular flexibility index (Phi) is 3.94. The first-order valence-corrected chi connectivity index (χ1v) is 5.70. The summed E-state index contributed by atoms with van der Waals surface area (Å²) in [6.07, 6.45) is 0. The summed E-state index contributed by atoms with van der Waals surface area (Å²) in [4.78, 5) is 35.8. The van der Waals surface area contributed by atoms with E-state index < -0.39 is 22.9 Å². The standard InChI is InChI=1S/C12H12N4O4/c1-20-8-4-2-7(3-5-8)6-13-10(17)9-11(18)14-12(19)16-15-9/h2-5H,6H2,1H3,(H,13,17)(H2,14,16,18,19). The molecule has 2 aromatic rings. The van der Waals surface area contributed by atoms with E-state index in [9.17, 15) is 14.4 Å². The topological polar surface area (TPSA) is 117 Å². The number of H-pyrrole nitrogens is 2. The second kappa shape index (κ2) is 5.83. The second-order valence-electron chi connectivity index (χ2n) is 3.89. The van der Waals surface area contributed by atoms with E-state index in [4.69, 9.17) is 4.74 Å². The Labute approximate surface area is 112 Å². The lowest BCUT2D eigenvalue weighted by atomic mass is 10.2. The third kappa shape index (κ3) is 3.10. The van der Waals surface area contributed by atoms with Gasteiger partial charge in [-0.15, -0.1) is 0 Å². The maximum absolute atomic E-state index is 11.7. The Morgan fingerprint density at radius 3 is 2.60 bits per heavy atom. The minimum Gasteiger partial charge on any atom is -0.497 e. The number of hydrogen-bond acceptors (Lipinski definition) is 5. The van der Waals surface area contributed by atoms with Crippen LogP contribution >= 0.6 is 0 Å². The van der Waals surface area contributed by atoms with Crippen LogP contribution in [0.15, 0.2) is 33.9 Å². The van der Waals surface area contributed by atoms with Crippen LogP contribution in [0.2, 0.25) is 0 Å². The van der Waals surface area contributed by atoms with Gasteiger partial charge in [0.2, 0.25) is 5.69 Å². The number of aromatic amines is 2. The van der Waals surface area contributed by atoms with Crippen LogP contribution in [0.5, 0.6) is 5.75 Å². The zero-order valence-corrected chi connectivity index (χ0v) is 10.6. The number of nitrogens with one attached hydrogen (secondary N) is 3. The van der Waals surface area contributed by atoms with Crippen LogP contribution in [0.4, 0.5) is 0 Å². The fourth-order valence-electron chi connectivity index (χ4n) is 1.51. The molecule has 0 saturated carbocycles. The maximum Gasteiger partial charge on any atom is 0.342 e. The molecule has 0 bridgehead atoms. The number of methoxy groups -OCH3 is 1. The third-order valence-electron chi connectivity index (χ3n) is 2.54. The molecule has 0 atom stereocenters. The van der Waals surface area contributed by atoms with Crippen molar-refractivity contribution >= 4 is 5.91 Å². The highest BCUT2D eigenvalue weighted by atomic mass is 16.5. The van der Waals surface area contributed by atoms with E-state index in [0.717, 1.165) is 5.56 Å². The number of aromatic nitrogens is 3. The van der Waals surface area contributed by atoms with E-state index in [1.807, 2.05) is 10.1 Å². The molecule has 1 heterocycles. The fourth-order valence-corrected chi connectivity index (χ4v) is 1.51. The molecule has 0 saturated heterocycles. The summed E-state index contributed by atoms with van der Waals surface area (Å²) in [5.41, 5.74) is -1.15. The molecular formula is C12H12N4O4. The number of rotatable bonds is 4. The van der Waals surface area contributed by atoms with Crippen LogP contribution in [0.25, 0.3) is 0 Å². The zero-order chi connectivity index (χ0) is 14.5.